The summed E-state index contributed by atoms with van der Waals surface area (Å²) in [5.41, 5.74) is 1.72. The molecular weight excluding hydrogens is 600 g/mol. The minimum Gasteiger partial charge on any atom is -0.493 e. The number of fused-ring (bicyclic) bond motifs is 1. The van der Waals surface area contributed by atoms with Gasteiger partial charge in [-0.05, 0) is 48.9 Å². The van der Waals surface area contributed by atoms with Crippen molar-refractivity contribution in [3.8, 4) is 22.8 Å². The summed E-state index contributed by atoms with van der Waals surface area (Å²) in [7, 11) is 2.71. The van der Waals surface area contributed by atoms with Gasteiger partial charge < -0.3 is 18.6 Å². The Hall–Kier alpha value is -4.22. The van der Waals surface area contributed by atoms with Crippen molar-refractivity contribution in [1.29, 1.82) is 0 Å². The predicted molar refractivity (Wildman–Crippen MR) is 152 cm³/mol. The predicted octanol–water partition coefficient (Wildman–Crippen LogP) is 4.36. The number of benzene rings is 2. The van der Waals surface area contributed by atoms with Gasteiger partial charge in [-0.1, -0.05) is 45.5 Å². The Kier molecular flexibility index (Phi) is 7.59. The van der Waals surface area contributed by atoms with Crippen LogP contribution in [0.1, 0.15) is 31.2 Å². The second-order valence-corrected chi connectivity index (χ2v) is 10.7. The van der Waals surface area contributed by atoms with E-state index in [1.165, 1.54) is 37.0 Å². The summed E-state index contributed by atoms with van der Waals surface area (Å²) in [6.45, 7) is 2.98. The van der Waals surface area contributed by atoms with E-state index in [1.54, 1.807) is 37.3 Å². The second-order valence-electron chi connectivity index (χ2n) is 8.79. The van der Waals surface area contributed by atoms with Crippen LogP contribution in [0.15, 0.2) is 84.5 Å². The maximum Gasteiger partial charge on any atom is 0.338 e. The Morgan fingerprint density at radius 3 is 2.50 bits per heavy atom. The van der Waals surface area contributed by atoms with Gasteiger partial charge in [0.2, 0.25) is 0 Å². The minimum atomic E-state index is -0.860. The molecule has 0 spiro atoms. The zero-order chi connectivity index (χ0) is 28.6. The number of rotatable bonds is 6. The summed E-state index contributed by atoms with van der Waals surface area (Å²) in [6, 6.07) is 15.3. The highest BCUT2D eigenvalue weighted by Gasteiger charge is 2.33. The molecule has 0 bridgehead atoms. The van der Waals surface area contributed by atoms with Gasteiger partial charge >= 0.3 is 11.9 Å². The number of furan rings is 1. The van der Waals surface area contributed by atoms with E-state index in [9.17, 15) is 14.4 Å². The molecule has 0 amide bonds. The summed E-state index contributed by atoms with van der Waals surface area (Å²) in [6.07, 6.45) is 1.66. The van der Waals surface area contributed by atoms with Crippen molar-refractivity contribution >= 4 is 45.3 Å². The van der Waals surface area contributed by atoms with Crippen molar-refractivity contribution in [3.05, 3.63) is 101 Å². The lowest BCUT2D eigenvalue weighted by Gasteiger charge is -2.25. The summed E-state index contributed by atoms with van der Waals surface area (Å²) < 4.78 is 24.5. The maximum absolute atomic E-state index is 13.8. The van der Waals surface area contributed by atoms with Gasteiger partial charge in [0.05, 0.1) is 36.1 Å². The van der Waals surface area contributed by atoms with E-state index in [-0.39, 0.29) is 22.6 Å². The van der Waals surface area contributed by atoms with Crippen LogP contribution in [0.5, 0.6) is 11.5 Å². The minimum absolute atomic E-state index is 0.208. The summed E-state index contributed by atoms with van der Waals surface area (Å²) >= 11 is 4.61. The van der Waals surface area contributed by atoms with Gasteiger partial charge in [-0.2, -0.15) is 0 Å². The lowest BCUT2D eigenvalue weighted by atomic mass is 9.95. The standard InChI is InChI=1S/C29H23BrN2O7S/c1-15-25(28(35)37-4)26(18-7-11-22(38-16(2)33)23(13-18)36-3)32-27(34)24(40-29(32)31-15)14-20-10-12-21(39-20)17-5-8-19(30)9-6-17/h5-14,26H,1-4H3. The fourth-order valence-electron chi connectivity index (χ4n) is 4.43. The van der Waals surface area contributed by atoms with E-state index in [0.29, 0.717) is 32.1 Å². The SMILES string of the molecule is COC(=O)C1=C(C)N=c2sc(=Cc3ccc(-c4ccc(Br)cc4)o3)c(=O)n2C1c1ccc(OC(C)=O)c(OC)c1. The Balaban J connectivity index is 1.64. The first-order valence-electron chi connectivity index (χ1n) is 12.0. The lowest BCUT2D eigenvalue weighted by Crippen LogP contribution is -2.39. The lowest BCUT2D eigenvalue weighted by molar-refractivity contribution is -0.136. The third-order valence-electron chi connectivity index (χ3n) is 6.21. The first-order chi connectivity index (χ1) is 19.2. The highest BCUT2D eigenvalue weighted by molar-refractivity contribution is 9.10. The molecule has 40 heavy (non-hydrogen) atoms. The quantitative estimate of drug-likeness (QED) is 0.232. The Morgan fingerprint density at radius 2 is 1.82 bits per heavy atom. The van der Waals surface area contributed by atoms with E-state index < -0.39 is 18.0 Å². The van der Waals surface area contributed by atoms with Gasteiger partial charge in [0.15, 0.2) is 16.3 Å². The number of thiazole rings is 1. The normalized spacial score (nSPS) is 14.9. The van der Waals surface area contributed by atoms with Crippen molar-refractivity contribution < 1.29 is 28.2 Å². The molecule has 1 atom stereocenters. The summed E-state index contributed by atoms with van der Waals surface area (Å²) in [4.78, 5) is 43.2. The molecule has 1 aliphatic rings. The van der Waals surface area contributed by atoms with E-state index in [0.717, 1.165) is 10.0 Å². The smallest absolute Gasteiger partial charge is 0.338 e. The molecule has 2 aromatic heterocycles. The molecule has 2 aromatic carbocycles. The molecule has 9 nitrogen and oxygen atoms in total. The fourth-order valence-corrected chi connectivity index (χ4v) is 5.72. The van der Waals surface area contributed by atoms with Crippen molar-refractivity contribution in [2.24, 2.45) is 4.99 Å². The van der Waals surface area contributed by atoms with Gasteiger partial charge in [-0.3, -0.25) is 14.2 Å². The molecule has 0 radical (unpaired) electrons. The molecule has 11 heteroatoms. The van der Waals surface area contributed by atoms with Crippen LogP contribution in [0.3, 0.4) is 0 Å². The number of aromatic nitrogens is 1. The molecule has 1 unspecified atom stereocenters. The van der Waals surface area contributed by atoms with Crippen molar-refractivity contribution in [3.63, 3.8) is 0 Å². The third-order valence-corrected chi connectivity index (χ3v) is 7.72. The number of carbonyl (C=O) groups is 2. The second kappa shape index (κ2) is 11.1. The number of carbonyl (C=O) groups excluding carboxylic acids is 2. The molecule has 5 rings (SSSR count). The first kappa shape index (κ1) is 27.4. The Labute approximate surface area is 240 Å². The first-order valence-corrected chi connectivity index (χ1v) is 13.6. The molecule has 0 N–H and O–H groups in total. The average molecular weight is 623 g/mol. The van der Waals surface area contributed by atoms with Crippen molar-refractivity contribution in [2.75, 3.05) is 14.2 Å². The van der Waals surface area contributed by atoms with Gasteiger partial charge in [-0.25, -0.2) is 9.79 Å². The van der Waals surface area contributed by atoms with Gasteiger partial charge in [0.25, 0.3) is 5.56 Å². The van der Waals surface area contributed by atoms with Gasteiger partial charge in [0, 0.05) is 23.0 Å². The summed E-state index contributed by atoms with van der Waals surface area (Å²) in [5.74, 6) is 0.514. The van der Waals surface area contributed by atoms with Gasteiger partial charge in [0.1, 0.15) is 11.5 Å². The highest BCUT2D eigenvalue weighted by atomic mass is 79.9. The molecule has 204 valence electrons. The molecule has 0 fully saturated rings. The maximum atomic E-state index is 13.8. The number of allylic oxidation sites excluding steroid dienone is 1. The largest absolute Gasteiger partial charge is 0.493 e. The molecule has 0 saturated heterocycles. The number of hydrogen-bond donors (Lipinski definition) is 0. The van der Waals surface area contributed by atoms with Crippen molar-refractivity contribution in [2.45, 2.75) is 19.9 Å². The topological polar surface area (TPSA) is 109 Å². The monoisotopic (exact) mass is 622 g/mol. The molecule has 1 aliphatic heterocycles. The van der Waals surface area contributed by atoms with Crippen LogP contribution in [0, 0.1) is 0 Å². The number of hydrogen-bond acceptors (Lipinski definition) is 9. The number of nitrogens with zero attached hydrogens (tertiary/aromatic N) is 2. The van der Waals surface area contributed by atoms with Crippen LogP contribution < -0.4 is 24.4 Å². The molecular formula is C29H23BrN2O7S. The number of halogens is 1. The zero-order valence-electron chi connectivity index (χ0n) is 21.9. The van der Waals surface area contributed by atoms with Gasteiger partial charge in [-0.15, -0.1) is 0 Å². The van der Waals surface area contributed by atoms with E-state index in [1.807, 2.05) is 30.3 Å². The number of methoxy groups -OCH3 is 2. The molecule has 3 heterocycles. The van der Waals surface area contributed by atoms with Crippen LogP contribution in [-0.2, 0) is 14.3 Å². The van der Waals surface area contributed by atoms with Crippen LogP contribution in [0.4, 0.5) is 0 Å². The molecule has 0 saturated carbocycles. The Bertz CT molecular complexity index is 1850. The number of ether oxygens (including phenoxy) is 3. The van der Waals surface area contributed by atoms with E-state index in [4.69, 9.17) is 18.6 Å². The van der Waals surface area contributed by atoms with Crippen LogP contribution >= 0.6 is 27.3 Å². The number of esters is 2. The molecule has 0 aliphatic carbocycles. The third kappa shape index (κ3) is 5.17. The van der Waals surface area contributed by atoms with E-state index in [2.05, 4.69) is 20.9 Å². The van der Waals surface area contributed by atoms with E-state index >= 15 is 0 Å². The highest BCUT2D eigenvalue weighted by Crippen LogP contribution is 2.36. The van der Waals surface area contributed by atoms with Crippen LogP contribution in [0.25, 0.3) is 17.4 Å². The molecule has 4 aromatic rings. The average Bonchev–Trinajstić information content (AvgIpc) is 3.52. The zero-order valence-corrected chi connectivity index (χ0v) is 24.3. The van der Waals surface area contributed by atoms with Crippen LogP contribution in [-0.4, -0.2) is 30.7 Å². The van der Waals surface area contributed by atoms with Crippen LogP contribution in [0.2, 0.25) is 0 Å². The summed E-state index contributed by atoms with van der Waals surface area (Å²) in [5, 5.41) is 0. The van der Waals surface area contributed by atoms with Crippen molar-refractivity contribution in [1.82, 2.24) is 4.57 Å². The fraction of sp³-hybridized carbons (Fsp3) is 0.172. The Morgan fingerprint density at radius 1 is 1.07 bits per heavy atom.